The van der Waals surface area contributed by atoms with E-state index in [9.17, 15) is 22.4 Å². The van der Waals surface area contributed by atoms with E-state index in [1.165, 1.54) is 31.2 Å². The standard InChI is InChI=1S/C16H17FN2O7S/c1-19(8-10-3-4-12(24-2)11(17)7-10)14(20)9-25-16(21)13-5-6-15(26-13)27(18,22)23/h3-7H,8-9H2,1-2H3,(H2,18,22,23). The van der Waals surface area contributed by atoms with E-state index in [0.29, 0.717) is 5.56 Å². The molecule has 0 spiro atoms. The Labute approximate surface area is 154 Å². The maximum atomic E-state index is 13.7. The minimum atomic E-state index is -4.09. The van der Waals surface area contributed by atoms with Crippen LogP contribution in [0.25, 0.3) is 0 Å². The first-order chi connectivity index (χ1) is 12.6. The average molecular weight is 400 g/mol. The van der Waals surface area contributed by atoms with Gasteiger partial charge in [-0.3, -0.25) is 4.79 Å². The van der Waals surface area contributed by atoms with Crippen LogP contribution in [0.5, 0.6) is 5.75 Å². The van der Waals surface area contributed by atoms with Gasteiger partial charge in [-0.1, -0.05) is 6.07 Å². The molecule has 0 radical (unpaired) electrons. The van der Waals surface area contributed by atoms with E-state index in [1.807, 2.05) is 0 Å². The molecular formula is C16H17FN2O7S. The van der Waals surface area contributed by atoms with Gasteiger partial charge in [0.2, 0.25) is 10.9 Å². The quantitative estimate of drug-likeness (QED) is 0.683. The highest BCUT2D eigenvalue weighted by atomic mass is 32.2. The van der Waals surface area contributed by atoms with Crippen LogP contribution in [0.1, 0.15) is 16.1 Å². The lowest BCUT2D eigenvalue weighted by Crippen LogP contribution is -2.30. The number of primary sulfonamides is 1. The zero-order valence-electron chi connectivity index (χ0n) is 14.5. The Bertz CT molecular complexity index is 955. The number of amides is 1. The smallest absolute Gasteiger partial charge is 0.374 e. The number of hydrogen-bond donors (Lipinski definition) is 1. The Kier molecular flexibility index (Phi) is 6.18. The third-order valence-electron chi connectivity index (χ3n) is 3.45. The molecule has 0 aliphatic carbocycles. The van der Waals surface area contributed by atoms with Crippen molar-refractivity contribution in [2.45, 2.75) is 11.6 Å². The summed E-state index contributed by atoms with van der Waals surface area (Å²) in [6.45, 7) is -0.535. The SMILES string of the molecule is COc1ccc(CN(C)C(=O)COC(=O)c2ccc(S(N)(=O)=O)o2)cc1F. The fourth-order valence-corrected chi connectivity index (χ4v) is 2.53. The summed E-state index contributed by atoms with van der Waals surface area (Å²) in [4.78, 5) is 25.1. The molecule has 1 aromatic carbocycles. The van der Waals surface area contributed by atoms with E-state index in [2.05, 4.69) is 0 Å². The van der Waals surface area contributed by atoms with Crippen LogP contribution in [-0.4, -0.2) is 46.0 Å². The number of benzene rings is 1. The second-order valence-electron chi connectivity index (χ2n) is 5.46. The molecular weight excluding hydrogens is 383 g/mol. The molecule has 9 nitrogen and oxygen atoms in total. The lowest BCUT2D eigenvalue weighted by Gasteiger charge is -2.17. The van der Waals surface area contributed by atoms with Crippen molar-refractivity contribution >= 4 is 21.9 Å². The summed E-state index contributed by atoms with van der Waals surface area (Å²) in [5, 5.41) is 4.27. The largest absolute Gasteiger partial charge is 0.494 e. The van der Waals surface area contributed by atoms with Gasteiger partial charge in [-0.15, -0.1) is 0 Å². The fourth-order valence-electron chi connectivity index (χ4n) is 2.06. The van der Waals surface area contributed by atoms with Crippen molar-refractivity contribution in [1.29, 1.82) is 0 Å². The molecule has 2 rings (SSSR count). The first-order valence-electron chi connectivity index (χ1n) is 7.48. The zero-order valence-corrected chi connectivity index (χ0v) is 15.3. The predicted molar refractivity (Wildman–Crippen MR) is 89.8 cm³/mol. The molecule has 0 fully saturated rings. The van der Waals surface area contributed by atoms with Crippen molar-refractivity contribution in [1.82, 2.24) is 4.90 Å². The van der Waals surface area contributed by atoms with Gasteiger partial charge in [-0.25, -0.2) is 22.7 Å². The minimum Gasteiger partial charge on any atom is -0.494 e. The maximum Gasteiger partial charge on any atom is 0.374 e. The molecule has 0 atom stereocenters. The Morgan fingerprint density at radius 3 is 2.52 bits per heavy atom. The van der Waals surface area contributed by atoms with Crippen LogP contribution in [0.2, 0.25) is 0 Å². The normalized spacial score (nSPS) is 11.1. The van der Waals surface area contributed by atoms with Gasteiger partial charge in [-0.05, 0) is 29.8 Å². The number of methoxy groups -OCH3 is 1. The molecule has 11 heteroatoms. The van der Waals surface area contributed by atoms with E-state index in [0.717, 1.165) is 12.1 Å². The number of furan rings is 1. The third-order valence-corrected chi connectivity index (χ3v) is 4.23. The van der Waals surface area contributed by atoms with E-state index < -0.39 is 45.2 Å². The molecule has 146 valence electrons. The van der Waals surface area contributed by atoms with Gasteiger partial charge in [0.25, 0.3) is 15.9 Å². The van der Waals surface area contributed by atoms with Gasteiger partial charge in [0, 0.05) is 13.6 Å². The topological polar surface area (TPSA) is 129 Å². The Morgan fingerprint density at radius 2 is 1.96 bits per heavy atom. The molecule has 0 bridgehead atoms. The van der Waals surface area contributed by atoms with Gasteiger partial charge in [0.05, 0.1) is 7.11 Å². The van der Waals surface area contributed by atoms with Crippen molar-refractivity contribution in [2.75, 3.05) is 20.8 Å². The Hall–Kier alpha value is -2.92. The van der Waals surface area contributed by atoms with Gasteiger partial charge in [-0.2, -0.15) is 0 Å². The van der Waals surface area contributed by atoms with Crippen molar-refractivity contribution < 1.29 is 36.3 Å². The Balaban J connectivity index is 1.91. The Morgan fingerprint density at radius 1 is 1.26 bits per heavy atom. The highest BCUT2D eigenvalue weighted by Gasteiger charge is 2.20. The number of ether oxygens (including phenoxy) is 2. The molecule has 0 saturated carbocycles. The number of rotatable bonds is 7. The van der Waals surface area contributed by atoms with Crippen LogP contribution in [0.4, 0.5) is 4.39 Å². The molecule has 1 amide bonds. The van der Waals surface area contributed by atoms with E-state index in [1.54, 1.807) is 6.07 Å². The van der Waals surface area contributed by atoms with Crippen molar-refractivity contribution in [2.24, 2.45) is 5.14 Å². The monoisotopic (exact) mass is 400 g/mol. The number of carbonyl (C=O) groups is 2. The molecule has 2 N–H and O–H groups in total. The molecule has 2 aromatic rings. The van der Waals surface area contributed by atoms with Gasteiger partial charge in [0.1, 0.15) is 0 Å². The number of likely N-dealkylation sites (N-methyl/N-ethyl adjacent to an activating group) is 1. The van der Waals surface area contributed by atoms with Gasteiger partial charge >= 0.3 is 5.97 Å². The second-order valence-corrected chi connectivity index (χ2v) is 6.95. The van der Waals surface area contributed by atoms with Crippen molar-refractivity contribution in [3.05, 3.63) is 47.5 Å². The first kappa shape index (κ1) is 20.4. The first-order valence-corrected chi connectivity index (χ1v) is 9.02. The highest BCUT2D eigenvalue weighted by molar-refractivity contribution is 7.89. The number of carbonyl (C=O) groups excluding carboxylic acids is 2. The lowest BCUT2D eigenvalue weighted by atomic mass is 10.2. The fraction of sp³-hybridized carbons (Fsp3) is 0.250. The number of nitrogens with two attached hydrogens (primary N) is 1. The minimum absolute atomic E-state index is 0.0770. The molecule has 1 aromatic heterocycles. The summed E-state index contributed by atoms with van der Waals surface area (Å²) in [6.07, 6.45) is 0. The second kappa shape index (κ2) is 8.18. The summed E-state index contributed by atoms with van der Waals surface area (Å²) in [6, 6.07) is 6.32. The van der Waals surface area contributed by atoms with Crippen LogP contribution >= 0.6 is 0 Å². The molecule has 1 heterocycles. The predicted octanol–water partition coefficient (Wildman–Crippen LogP) is 0.890. The summed E-state index contributed by atoms with van der Waals surface area (Å²) >= 11 is 0. The highest BCUT2D eigenvalue weighted by Crippen LogP contribution is 2.18. The number of hydrogen-bond acceptors (Lipinski definition) is 7. The summed E-state index contributed by atoms with van der Waals surface area (Å²) < 4.78 is 50.2. The number of nitrogens with zero attached hydrogens (tertiary/aromatic N) is 1. The molecule has 0 aliphatic rings. The van der Waals surface area contributed by atoms with Gasteiger partial charge < -0.3 is 18.8 Å². The van der Waals surface area contributed by atoms with Crippen LogP contribution in [-0.2, 0) is 26.1 Å². The summed E-state index contributed by atoms with van der Waals surface area (Å²) in [5.41, 5.74) is 0.513. The van der Waals surface area contributed by atoms with E-state index in [4.69, 9.17) is 19.0 Å². The zero-order chi connectivity index (χ0) is 20.2. The summed E-state index contributed by atoms with van der Waals surface area (Å²) in [7, 11) is -1.30. The van der Waals surface area contributed by atoms with Crippen LogP contribution < -0.4 is 9.88 Å². The number of sulfonamides is 1. The van der Waals surface area contributed by atoms with E-state index >= 15 is 0 Å². The maximum absolute atomic E-state index is 13.7. The summed E-state index contributed by atoms with van der Waals surface area (Å²) in [5.74, 6) is -2.48. The molecule has 27 heavy (non-hydrogen) atoms. The molecule has 0 aliphatic heterocycles. The van der Waals surface area contributed by atoms with Crippen LogP contribution in [0.15, 0.2) is 39.8 Å². The third kappa shape index (κ3) is 5.28. The van der Waals surface area contributed by atoms with Crippen molar-refractivity contribution in [3.8, 4) is 5.75 Å². The molecule has 0 unspecified atom stereocenters. The molecule has 0 saturated heterocycles. The van der Waals surface area contributed by atoms with E-state index in [-0.39, 0.29) is 12.3 Å². The lowest BCUT2D eigenvalue weighted by molar-refractivity contribution is -0.133. The van der Waals surface area contributed by atoms with Gasteiger partial charge in [0.15, 0.2) is 18.2 Å². The number of esters is 1. The average Bonchev–Trinajstić information content (AvgIpc) is 3.10. The van der Waals surface area contributed by atoms with Crippen LogP contribution in [0.3, 0.4) is 0 Å². The van der Waals surface area contributed by atoms with Crippen LogP contribution in [0, 0.1) is 5.82 Å². The number of halogens is 1. The van der Waals surface area contributed by atoms with Crippen molar-refractivity contribution in [3.63, 3.8) is 0 Å².